The van der Waals surface area contributed by atoms with Crippen LogP contribution in [0.2, 0.25) is 0 Å². The Labute approximate surface area is 157 Å². The second kappa shape index (κ2) is 11.5. The van der Waals surface area contributed by atoms with E-state index < -0.39 is 0 Å². The van der Waals surface area contributed by atoms with Gasteiger partial charge in [-0.1, -0.05) is 88.1 Å². The third-order valence-electron chi connectivity index (χ3n) is 5.32. The Balaban J connectivity index is 2.20. The van der Waals surface area contributed by atoms with Crippen LogP contribution in [0.25, 0.3) is 0 Å². The van der Waals surface area contributed by atoms with Crippen molar-refractivity contribution in [3.63, 3.8) is 0 Å². The standard InChI is InChI=1S/C24H35P/c1-3-20-14-9-11-16-22(20)24(18-8-6-5-7-13-19-25)23-17-12-10-15-21(23)4-2/h9-12,14-17,24H,3-8,13,18-19,25H2,1-2H3. The van der Waals surface area contributed by atoms with E-state index in [2.05, 4.69) is 71.6 Å². The van der Waals surface area contributed by atoms with E-state index in [-0.39, 0.29) is 0 Å². The predicted molar refractivity (Wildman–Crippen MR) is 116 cm³/mol. The maximum atomic E-state index is 2.84. The smallest absolute Gasteiger partial charge is 0.00947 e. The summed E-state index contributed by atoms with van der Waals surface area (Å²) >= 11 is 0. The topological polar surface area (TPSA) is 0 Å². The van der Waals surface area contributed by atoms with E-state index in [1.807, 2.05) is 0 Å². The fourth-order valence-corrected chi connectivity index (χ4v) is 4.18. The van der Waals surface area contributed by atoms with Crippen LogP contribution in [0.15, 0.2) is 48.5 Å². The zero-order chi connectivity index (χ0) is 17.9. The van der Waals surface area contributed by atoms with Gasteiger partial charge in [0.25, 0.3) is 0 Å². The third-order valence-corrected chi connectivity index (χ3v) is 5.73. The van der Waals surface area contributed by atoms with Crippen LogP contribution in [0.3, 0.4) is 0 Å². The lowest BCUT2D eigenvalue weighted by molar-refractivity contribution is 0.578. The molecule has 0 saturated heterocycles. The molecule has 0 aliphatic carbocycles. The van der Waals surface area contributed by atoms with Gasteiger partial charge in [0.2, 0.25) is 0 Å². The molecule has 1 heteroatoms. The molecule has 136 valence electrons. The molecule has 0 nitrogen and oxygen atoms in total. The van der Waals surface area contributed by atoms with Crippen molar-refractivity contribution in [1.82, 2.24) is 0 Å². The quantitative estimate of drug-likeness (QED) is 0.297. The average Bonchev–Trinajstić information content (AvgIpc) is 2.67. The van der Waals surface area contributed by atoms with Gasteiger partial charge in [0.1, 0.15) is 0 Å². The van der Waals surface area contributed by atoms with Gasteiger partial charge in [-0.3, -0.25) is 0 Å². The summed E-state index contributed by atoms with van der Waals surface area (Å²) in [6.45, 7) is 4.56. The van der Waals surface area contributed by atoms with Gasteiger partial charge in [-0.25, -0.2) is 0 Å². The molecule has 2 aromatic carbocycles. The summed E-state index contributed by atoms with van der Waals surface area (Å²) < 4.78 is 0. The van der Waals surface area contributed by atoms with Crippen LogP contribution in [-0.4, -0.2) is 6.16 Å². The highest BCUT2D eigenvalue weighted by molar-refractivity contribution is 7.16. The number of aryl methyl sites for hydroxylation is 2. The Morgan fingerprint density at radius 2 is 1.16 bits per heavy atom. The minimum atomic E-state index is 0.550. The lowest BCUT2D eigenvalue weighted by atomic mass is 9.81. The number of rotatable bonds is 11. The summed E-state index contributed by atoms with van der Waals surface area (Å²) in [4.78, 5) is 0. The molecular formula is C24H35P. The van der Waals surface area contributed by atoms with Crippen LogP contribution in [0.5, 0.6) is 0 Å². The van der Waals surface area contributed by atoms with E-state index in [4.69, 9.17) is 0 Å². The van der Waals surface area contributed by atoms with E-state index in [1.54, 1.807) is 11.1 Å². The van der Waals surface area contributed by atoms with E-state index in [0.717, 1.165) is 12.8 Å². The second-order valence-corrected chi connectivity index (χ2v) is 7.58. The summed E-state index contributed by atoms with van der Waals surface area (Å²) in [6, 6.07) is 18.2. The number of hydrogen-bond acceptors (Lipinski definition) is 0. The Hall–Kier alpha value is -1.13. The highest BCUT2D eigenvalue weighted by atomic mass is 31.0. The molecule has 2 aromatic rings. The van der Waals surface area contributed by atoms with Crippen molar-refractivity contribution in [3.05, 3.63) is 70.8 Å². The molecule has 0 heterocycles. The first-order valence-corrected chi connectivity index (χ1v) is 11.0. The second-order valence-electron chi connectivity index (χ2n) is 7.00. The van der Waals surface area contributed by atoms with Crippen LogP contribution in [0.4, 0.5) is 0 Å². The van der Waals surface area contributed by atoms with Gasteiger partial charge in [0.05, 0.1) is 0 Å². The first-order valence-electron chi connectivity index (χ1n) is 10.2. The molecule has 2 rings (SSSR count). The zero-order valence-electron chi connectivity index (χ0n) is 16.1. The zero-order valence-corrected chi connectivity index (χ0v) is 17.3. The molecule has 0 aliphatic heterocycles. The van der Waals surface area contributed by atoms with Crippen LogP contribution in [-0.2, 0) is 12.8 Å². The largest absolute Gasteiger partial charge is 0.138 e. The van der Waals surface area contributed by atoms with Crippen molar-refractivity contribution in [1.29, 1.82) is 0 Å². The summed E-state index contributed by atoms with van der Waals surface area (Å²) in [5.41, 5.74) is 6.13. The number of hydrogen-bond donors (Lipinski definition) is 0. The van der Waals surface area contributed by atoms with Crippen molar-refractivity contribution in [3.8, 4) is 0 Å². The molecule has 0 N–H and O–H groups in total. The Morgan fingerprint density at radius 1 is 0.680 bits per heavy atom. The average molecular weight is 355 g/mol. The normalized spacial score (nSPS) is 11.2. The van der Waals surface area contributed by atoms with Crippen molar-refractivity contribution in [2.75, 3.05) is 6.16 Å². The highest BCUT2D eigenvalue weighted by Gasteiger charge is 2.18. The monoisotopic (exact) mass is 354 g/mol. The first kappa shape index (κ1) is 20.2. The molecular weight excluding hydrogens is 319 g/mol. The van der Waals surface area contributed by atoms with E-state index in [9.17, 15) is 0 Å². The number of unbranched alkanes of at least 4 members (excludes halogenated alkanes) is 4. The molecule has 0 aliphatic rings. The van der Waals surface area contributed by atoms with Gasteiger partial charge >= 0.3 is 0 Å². The molecule has 0 amide bonds. The summed E-state index contributed by atoms with van der Waals surface area (Å²) in [5.74, 6) is 0.550. The Morgan fingerprint density at radius 3 is 1.68 bits per heavy atom. The van der Waals surface area contributed by atoms with Gasteiger partial charge in [-0.05, 0) is 54.1 Å². The lowest BCUT2D eigenvalue weighted by Crippen LogP contribution is -2.07. The minimum Gasteiger partial charge on any atom is -0.138 e. The van der Waals surface area contributed by atoms with Crippen LogP contribution in [0.1, 0.15) is 80.5 Å². The lowest BCUT2D eigenvalue weighted by Gasteiger charge is -2.23. The van der Waals surface area contributed by atoms with E-state index in [1.165, 1.54) is 55.8 Å². The fraction of sp³-hybridized carbons (Fsp3) is 0.500. The van der Waals surface area contributed by atoms with Crippen LogP contribution in [0, 0.1) is 0 Å². The molecule has 0 saturated carbocycles. The summed E-state index contributed by atoms with van der Waals surface area (Å²) in [5, 5.41) is 0. The van der Waals surface area contributed by atoms with Gasteiger partial charge in [-0.2, -0.15) is 0 Å². The van der Waals surface area contributed by atoms with Crippen molar-refractivity contribution in [2.24, 2.45) is 0 Å². The van der Waals surface area contributed by atoms with Crippen LogP contribution < -0.4 is 0 Å². The fourth-order valence-electron chi connectivity index (χ4n) is 3.89. The van der Waals surface area contributed by atoms with Crippen molar-refractivity contribution in [2.45, 2.75) is 71.1 Å². The van der Waals surface area contributed by atoms with Gasteiger partial charge in [0, 0.05) is 5.92 Å². The molecule has 0 radical (unpaired) electrons. The summed E-state index contributed by atoms with van der Waals surface area (Å²) in [7, 11) is 2.84. The van der Waals surface area contributed by atoms with Crippen molar-refractivity contribution < 1.29 is 0 Å². The maximum Gasteiger partial charge on any atom is 0.00947 e. The minimum absolute atomic E-state index is 0.550. The molecule has 1 unspecified atom stereocenters. The van der Waals surface area contributed by atoms with Crippen LogP contribution >= 0.6 is 9.24 Å². The van der Waals surface area contributed by atoms with Gasteiger partial charge < -0.3 is 0 Å². The molecule has 0 fully saturated rings. The molecule has 0 bridgehead atoms. The molecule has 0 spiro atoms. The molecule has 1 atom stereocenters. The molecule has 25 heavy (non-hydrogen) atoms. The van der Waals surface area contributed by atoms with Crippen molar-refractivity contribution >= 4 is 9.24 Å². The first-order chi connectivity index (χ1) is 12.3. The highest BCUT2D eigenvalue weighted by Crippen LogP contribution is 2.34. The van der Waals surface area contributed by atoms with Gasteiger partial charge in [-0.15, -0.1) is 9.24 Å². The van der Waals surface area contributed by atoms with E-state index >= 15 is 0 Å². The Bertz CT molecular complexity index is 569. The van der Waals surface area contributed by atoms with Gasteiger partial charge in [0.15, 0.2) is 0 Å². The SMILES string of the molecule is CCc1ccccc1C(CCCCCCCP)c1ccccc1CC. The summed E-state index contributed by atoms with van der Waals surface area (Å²) in [6.07, 6.45) is 11.6. The predicted octanol–water partition coefficient (Wildman–Crippen LogP) is 7.16. The maximum absolute atomic E-state index is 2.84. The molecule has 0 aromatic heterocycles. The van der Waals surface area contributed by atoms with E-state index in [0.29, 0.717) is 5.92 Å². The number of benzene rings is 2. The third kappa shape index (κ3) is 5.96. The Kier molecular flexibility index (Phi) is 9.27.